The molecule has 0 radical (unpaired) electrons. The Bertz CT molecular complexity index is 402. The van der Waals surface area contributed by atoms with Crippen LogP contribution in [0.2, 0.25) is 0 Å². The fraction of sp³-hybridized carbons (Fsp3) is 0.643. The molecule has 2 heterocycles. The van der Waals surface area contributed by atoms with Crippen LogP contribution in [0, 0.1) is 0 Å². The maximum absolute atomic E-state index is 6.41. The lowest BCUT2D eigenvalue weighted by Crippen LogP contribution is -2.41. The van der Waals surface area contributed by atoms with Gasteiger partial charge in [0.25, 0.3) is 0 Å². The van der Waals surface area contributed by atoms with Crippen LogP contribution in [0.5, 0.6) is 0 Å². The third-order valence-electron chi connectivity index (χ3n) is 4.04. The number of pyridine rings is 1. The van der Waals surface area contributed by atoms with E-state index in [2.05, 4.69) is 37.9 Å². The summed E-state index contributed by atoms with van der Waals surface area (Å²) in [4.78, 5) is 7.19. The predicted molar refractivity (Wildman–Crippen MR) is 76.2 cm³/mol. The van der Waals surface area contributed by atoms with Gasteiger partial charge in [0.2, 0.25) is 0 Å². The molecule has 18 heavy (non-hydrogen) atoms. The van der Waals surface area contributed by atoms with Gasteiger partial charge in [-0.05, 0) is 60.3 Å². The van der Waals surface area contributed by atoms with Gasteiger partial charge in [-0.3, -0.25) is 9.88 Å². The lowest BCUT2D eigenvalue weighted by molar-refractivity contribution is 0.172. The van der Waals surface area contributed by atoms with Crippen molar-refractivity contribution in [2.45, 2.75) is 50.2 Å². The van der Waals surface area contributed by atoms with E-state index in [0.29, 0.717) is 6.04 Å². The summed E-state index contributed by atoms with van der Waals surface area (Å²) in [6.07, 6.45) is 8.19. The average Bonchev–Trinajstić information content (AvgIpc) is 3.17. The molecule has 1 saturated carbocycles. The summed E-state index contributed by atoms with van der Waals surface area (Å²) >= 11 is 3.45. The number of nitrogens with two attached hydrogens (primary N) is 1. The number of hydrogen-bond donors (Lipinski definition) is 1. The monoisotopic (exact) mass is 309 g/mol. The quantitative estimate of drug-likeness (QED) is 0.913. The molecule has 2 atom stereocenters. The number of aromatic nitrogens is 1. The van der Waals surface area contributed by atoms with Gasteiger partial charge in [0.1, 0.15) is 0 Å². The normalized spacial score (nSPS) is 30.1. The van der Waals surface area contributed by atoms with Gasteiger partial charge in [-0.1, -0.05) is 6.42 Å². The molecule has 1 saturated heterocycles. The maximum atomic E-state index is 6.41. The van der Waals surface area contributed by atoms with E-state index in [-0.39, 0.29) is 6.04 Å². The van der Waals surface area contributed by atoms with E-state index < -0.39 is 0 Å². The largest absolute Gasteiger partial charge is 0.326 e. The van der Waals surface area contributed by atoms with Gasteiger partial charge in [-0.25, -0.2) is 0 Å². The minimum Gasteiger partial charge on any atom is -0.326 e. The molecule has 3 nitrogen and oxygen atoms in total. The number of halogens is 1. The lowest BCUT2D eigenvalue weighted by atomic mass is 10.0. The lowest BCUT2D eigenvalue weighted by Gasteiger charge is -2.33. The van der Waals surface area contributed by atoms with E-state index in [1.165, 1.54) is 32.2 Å². The van der Waals surface area contributed by atoms with Crippen LogP contribution in [-0.4, -0.2) is 28.5 Å². The molecule has 0 amide bonds. The Morgan fingerprint density at radius 1 is 1.22 bits per heavy atom. The summed E-state index contributed by atoms with van der Waals surface area (Å²) in [6.45, 7) is 1.18. The zero-order valence-electron chi connectivity index (χ0n) is 10.6. The number of hydrogen-bond acceptors (Lipinski definition) is 3. The average molecular weight is 310 g/mol. The summed E-state index contributed by atoms with van der Waals surface area (Å²) < 4.78 is 1.03. The van der Waals surface area contributed by atoms with E-state index in [0.717, 1.165) is 22.6 Å². The summed E-state index contributed by atoms with van der Waals surface area (Å²) in [5.41, 5.74) is 7.55. The minimum absolute atomic E-state index is 0.224. The van der Waals surface area contributed by atoms with Crippen LogP contribution < -0.4 is 5.73 Å². The summed E-state index contributed by atoms with van der Waals surface area (Å²) in [5.74, 6) is 0. The molecule has 2 unspecified atom stereocenters. The van der Waals surface area contributed by atoms with Gasteiger partial charge < -0.3 is 5.73 Å². The fourth-order valence-corrected chi connectivity index (χ4v) is 3.22. The van der Waals surface area contributed by atoms with Gasteiger partial charge in [-0.15, -0.1) is 0 Å². The molecule has 98 valence electrons. The van der Waals surface area contributed by atoms with Crippen molar-refractivity contribution >= 4 is 15.9 Å². The standard InChI is InChI=1S/C14H20BrN3/c15-10-4-7-13(17-9-10)14-12(16)3-1-2-8-18(14)11-5-6-11/h4,7,9,11-12,14H,1-3,5-6,8,16H2. The highest BCUT2D eigenvalue weighted by Gasteiger charge is 2.38. The second-order valence-corrected chi connectivity index (χ2v) is 6.39. The zero-order chi connectivity index (χ0) is 12.5. The Morgan fingerprint density at radius 3 is 2.72 bits per heavy atom. The van der Waals surface area contributed by atoms with Crippen molar-refractivity contribution in [3.63, 3.8) is 0 Å². The van der Waals surface area contributed by atoms with Crippen molar-refractivity contribution < 1.29 is 0 Å². The Kier molecular flexibility index (Phi) is 3.68. The van der Waals surface area contributed by atoms with E-state index >= 15 is 0 Å². The SMILES string of the molecule is NC1CCCCN(C2CC2)C1c1ccc(Br)cn1. The van der Waals surface area contributed by atoms with Crippen molar-refractivity contribution in [1.82, 2.24) is 9.88 Å². The van der Waals surface area contributed by atoms with Crippen LogP contribution in [-0.2, 0) is 0 Å². The Morgan fingerprint density at radius 2 is 2.06 bits per heavy atom. The Balaban J connectivity index is 1.89. The molecule has 1 aromatic heterocycles. The first kappa shape index (κ1) is 12.6. The molecular formula is C14H20BrN3. The number of likely N-dealkylation sites (tertiary alicyclic amines) is 1. The van der Waals surface area contributed by atoms with Crippen molar-refractivity contribution in [3.05, 3.63) is 28.5 Å². The first-order valence-corrected chi connectivity index (χ1v) is 7.68. The van der Waals surface area contributed by atoms with Gasteiger partial charge in [-0.2, -0.15) is 0 Å². The molecule has 0 spiro atoms. The van der Waals surface area contributed by atoms with E-state index in [1.54, 1.807) is 0 Å². The highest BCUT2D eigenvalue weighted by molar-refractivity contribution is 9.10. The number of nitrogens with zero attached hydrogens (tertiary/aromatic N) is 2. The van der Waals surface area contributed by atoms with Gasteiger partial charge in [0.05, 0.1) is 11.7 Å². The molecule has 1 aliphatic carbocycles. The predicted octanol–water partition coefficient (Wildman–Crippen LogP) is 2.86. The van der Waals surface area contributed by atoms with Gasteiger partial charge in [0.15, 0.2) is 0 Å². The summed E-state index contributed by atoms with van der Waals surface area (Å²) in [7, 11) is 0. The van der Waals surface area contributed by atoms with Crippen molar-refractivity contribution in [2.24, 2.45) is 5.73 Å². The second-order valence-electron chi connectivity index (χ2n) is 5.47. The first-order chi connectivity index (χ1) is 8.75. The summed E-state index contributed by atoms with van der Waals surface area (Å²) in [5, 5.41) is 0. The smallest absolute Gasteiger partial charge is 0.0676 e. The third kappa shape index (κ3) is 2.60. The van der Waals surface area contributed by atoms with Gasteiger partial charge in [0, 0.05) is 22.8 Å². The summed E-state index contributed by atoms with van der Waals surface area (Å²) in [6, 6.07) is 5.49. The number of rotatable bonds is 2. The maximum Gasteiger partial charge on any atom is 0.0676 e. The molecule has 1 aromatic rings. The van der Waals surface area contributed by atoms with Crippen LogP contribution >= 0.6 is 15.9 Å². The zero-order valence-corrected chi connectivity index (χ0v) is 12.1. The van der Waals surface area contributed by atoms with Crippen LogP contribution in [0.15, 0.2) is 22.8 Å². The van der Waals surface area contributed by atoms with E-state index in [1.807, 2.05) is 6.20 Å². The molecule has 2 N–H and O–H groups in total. The van der Waals surface area contributed by atoms with Crippen LogP contribution in [0.25, 0.3) is 0 Å². The molecular weight excluding hydrogens is 290 g/mol. The van der Waals surface area contributed by atoms with Gasteiger partial charge >= 0.3 is 0 Å². The molecule has 2 fully saturated rings. The van der Waals surface area contributed by atoms with Crippen molar-refractivity contribution in [2.75, 3.05) is 6.54 Å². The highest BCUT2D eigenvalue weighted by atomic mass is 79.9. The van der Waals surface area contributed by atoms with Crippen LogP contribution in [0.1, 0.15) is 43.8 Å². The molecule has 4 heteroatoms. The molecule has 0 aromatic carbocycles. The van der Waals surface area contributed by atoms with Crippen molar-refractivity contribution in [3.8, 4) is 0 Å². The molecule has 1 aliphatic heterocycles. The molecule has 3 rings (SSSR count). The first-order valence-electron chi connectivity index (χ1n) is 6.88. The van der Waals surface area contributed by atoms with E-state index in [9.17, 15) is 0 Å². The van der Waals surface area contributed by atoms with Crippen LogP contribution in [0.3, 0.4) is 0 Å². The Hall–Kier alpha value is -0.450. The van der Waals surface area contributed by atoms with Crippen molar-refractivity contribution in [1.29, 1.82) is 0 Å². The Labute approximate surface area is 117 Å². The molecule has 0 bridgehead atoms. The second kappa shape index (κ2) is 5.27. The highest BCUT2D eigenvalue weighted by Crippen LogP contribution is 2.38. The topological polar surface area (TPSA) is 42.1 Å². The van der Waals surface area contributed by atoms with Crippen LogP contribution in [0.4, 0.5) is 0 Å². The molecule has 2 aliphatic rings. The van der Waals surface area contributed by atoms with E-state index in [4.69, 9.17) is 5.73 Å². The third-order valence-corrected chi connectivity index (χ3v) is 4.50. The minimum atomic E-state index is 0.224. The fourth-order valence-electron chi connectivity index (χ4n) is 2.98.